The summed E-state index contributed by atoms with van der Waals surface area (Å²) in [5.41, 5.74) is 1.81. The van der Waals surface area contributed by atoms with E-state index >= 15 is 0 Å². The van der Waals surface area contributed by atoms with Crippen molar-refractivity contribution in [2.24, 2.45) is 0 Å². The molecule has 0 aromatic heterocycles. The maximum Gasteiger partial charge on any atom is 0.269 e. The number of hydrogen-bond acceptors (Lipinski definition) is 2. The molecule has 3 heteroatoms. The number of carbonyl (C=O) groups is 1. The molecule has 0 saturated heterocycles. The van der Waals surface area contributed by atoms with Gasteiger partial charge in [-0.2, -0.15) is 23.8 Å². The van der Waals surface area contributed by atoms with E-state index in [0.717, 1.165) is 6.42 Å². The first-order valence-electron chi connectivity index (χ1n) is 3.62. The van der Waals surface area contributed by atoms with Crippen LogP contribution in [0.1, 0.15) is 22.8 Å². The normalized spacial score (nSPS) is 8.83. The van der Waals surface area contributed by atoms with Crippen LogP contribution in [0.4, 0.5) is 0 Å². The van der Waals surface area contributed by atoms with Crippen molar-refractivity contribution < 1.29 is 26.6 Å². The Morgan fingerprint density at radius 2 is 2.33 bits per heavy atom. The van der Waals surface area contributed by atoms with Crippen molar-refractivity contribution in [3.63, 3.8) is 0 Å². The molecular weight excluding hydrogens is 195 g/mol. The van der Waals surface area contributed by atoms with E-state index < -0.39 is 0 Å². The molecule has 67 valence electrons. The first kappa shape index (κ1) is 11.3. The minimum atomic E-state index is -0.260. The SMILES string of the molecule is CC[c-]1ccc(C(=O)OC)c1.[Mn]. The molecule has 0 N–H and O–H groups in total. The Balaban J connectivity index is 0.00000121. The van der Waals surface area contributed by atoms with E-state index in [0.29, 0.717) is 5.56 Å². The molecule has 0 heterocycles. The maximum atomic E-state index is 10.9. The third kappa shape index (κ3) is 2.43. The molecule has 1 radical (unpaired) electrons. The van der Waals surface area contributed by atoms with Gasteiger partial charge in [-0.25, -0.2) is 0 Å². The zero-order chi connectivity index (χ0) is 8.27. The van der Waals surface area contributed by atoms with Crippen LogP contribution in [0.25, 0.3) is 0 Å². The van der Waals surface area contributed by atoms with Gasteiger partial charge in [-0.3, -0.25) is 4.79 Å². The summed E-state index contributed by atoms with van der Waals surface area (Å²) in [7, 11) is 1.39. The second-order valence-corrected chi connectivity index (χ2v) is 2.35. The topological polar surface area (TPSA) is 26.3 Å². The molecule has 0 saturated carbocycles. The Kier molecular flexibility index (Phi) is 4.79. The number of ether oxygens (including phenoxy) is 1. The predicted molar refractivity (Wildman–Crippen MR) is 42.8 cm³/mol. The largest absolute Gasteiger partial charge is 0.475 e. The molecule has 0 amide bonds. The molecule has 2 nitrogen and oxygen atoms in total. The summed E-state index contributed by atoms with van der Waals surface area (Å²) in [6, 6.07) is 5.57. The van der Waals surface area contributed by atoms with Gasteiger partial charge in [-0.1, -0.05) is 18.9 Å². The van der Waals surface area contributed by atoms with Gasteiger partial charge < -0.3 is 4.74 Å². The summed E-state index contributed by atoms with van der Waals surface area (Å²) >= 11 is 0. The molecule has 0 aliphatic carbocycles. The second-order valence-electron chi connectivity index (χ2n) is 2.35. The van der Waals surface area contributed by atoms with E-state index in [9.17, 15) is 4.79 Å². The van der Waals surface area contributed by atoms with E-state index in [-0.39, 0.29) is 23.0 Å². The molecular formula is C9H11MnO2-. The fourth-order valence-corrected chi connectivity index (χ4v) is 0.958. The van der Waals surface area contributed by atoms with E-state index in [1.54, 1.807) is 6.07 Å². The van der Waals surface area contributed by atoms with Crippen molar-refractivity contribution in [2.75, 3.05) is 7.11 Å². The quantitative estimate of drug-likeness (QED) is 0.418. The minimum Gasteiger partial charge on any atom is -0.475 e. The van der Waals surface area contributed by atoms with Crippen LogP contribution in [0.5, 0.6) is 0 Å². The number of aryl methyl sites for hydroxylation is 1. The van der Waals surface area contributed by atoms with Gasteiger partial charge in [0, 0.05) is 17.1 Å². The van der Waals surface area contributed by atoms with Gasteiger partial charge in [-0.05, 0) is 0 Å². The van der Waals surface area contributed by atoms with Gasteiger partial charge in [0.25, 0.3) is 5.97 Å². The zero-order valence-corrected chi connectivity index (χ0v) is 8.31. The number of esters is 1. The third-order valence-corrected chi connectivity index (χ3v) is 1.65. The summed E-state index contributed by atoms with van der Waals surface area (Å²) in [4.78, 5) is 10.9. The Morgan fingerprint density at radius 1 is 1.67 bits per heavy atom. The van der Waals surface area contributed by atoms with Crippen molar-refractivity contribution in [2.45, 2.75) is 13.3 Å². The Labute approximate surface area is 82.8 Å². The van der Waals surface area contributed by atoms with Crippen LogP contribution >= 0.6 is 0 Å². The molecule has 1 aromatic rings. The summed E-state index contributed by atoms with van der Waals surface area (Å²) in [5.74, 6) is -0.260. The van der Waals surface area contributed by atoms with Crippen LogP contribution in [-0.4, -0.2) is 13.1 Å². The van der Waals surface area contributed by atoms with Crippen LogP contribution in [-0.2, 0) is 28.2 Å². The van der Waals surface area contributed by atoms with Gasteiger partial charge in [0.15, 0.2) is 0 Å². The summed E-state index contributed by atoms with van der Waals surface area (Å²) in [6.45, 7) is 2.05. The van der Waals surface area contributed by atoms with Crippen LogP contribution in [0.2, 0.25) is 0 Å². The molecule has 0 unspecified atom stereocenters. The number of rotatable bonds is 2. The van der Waals surface area contributed by atoms with E-state index in [1.165, 1.54) is 12.7 Å². The molecule has 0 fully saturated rings. The zero-order valence-electron chi connectivity index (χ0n) is 7.13. The van der Waals surface area contributed by atoms with Gasteiger partial charge in [0.1, 0.15) is 0 Å². The smallest absolute Gasteiger partial charge is 0.269 e. The summed E-state index contributed by atoms with van der Waals surface area (Å²) in [5, 5.41) is 0. The van der Waals surface area contributed by atoms with E-state index in [2.05, 4.69) is 11.7 Å². The van der Waals surface area contributed by atoms with E-state index in [1.807, 2.05) is 12.1 Å². The van der Waals surface area contributed by atoms with Crippen molar-refractivity contribution in [3.8, 4) is 0 Å². The van der Waals surface area contributed by atoms with Crippen molar-refractivity contribution in [1.82, 2.24) is 0 Å². The first-order valence-corrected chi connectivity index (χ1v) is 3.62. The van der Waals surface area contributed by atoms with E-state index in [4.69, 9.17) is 0 Å². The minimum absolute atomic E-state index is 0. The number of methoxy groups -OCH3 is 1. The fourth-order valence-electron chi connectivity index (χ4n) is 0.958. The van der Waals surface area contributed by atoms with Gasteiger partial charge >= 0.3 is 0 Å². The van der Waals surface area contributed by atoms with Gasteiger partial charge in [0.2, 0.25) is 0 Å². The van der Waals surface area contributed by atoms with Crippen LogP contribution in [0, 0.1) is 0 Å². The monoisotopic (exact) mass is 206 g/mol. The average Bonchev–Trinajstić information content (AvgIpc) is 2.50. The average molecular weight is 206 g/mol. The van der Waals surface area contributed by atoms with Crippen LogP contribution in [0.15, 0.2) is 18.2 Å². The summed E-state index contributed by atoms with van der Waals surface area (Å²) < 4.78 is 4.56. The molecule has 1 rings (SSSR count). The van der Waals surface area contributed by atoms with Crippen molar-refractivity contribution in [1.29, 1.82) is 0 Å². The number of hydrogen-bond donors (Lipinski definition) is 0. The Bertz CT molecular complexity index is 253. The third-order valence-electron chi connectivity index (χ3n) is 1.65. The van der Waals surface area contributed by atoms with Crippen molar-refractivity contribution in [3.05, 3.63) is 29.3 Å². The molecule has 0 bridgehead atoms. The molecule has 1 aromatic carbocycles. The molecule has 0 aliphatic heterocycles. The van der Waals surface area contributed by atoms with Crippen molar-refractivity contribution >= 4 is 5.97 Å². The predicted octanol–water partition coefficient (Wildman–Crippen LogP) is 1.75. The van der Waals surface area contributed by atoms with Crippen LogP contribution < -0.4 is 0 Å². The summed E-state index contributed by atoms with van der Waals surface area (Å²) in [6.07, 6.45) is 0.955. The van der Waals surface area contributed by atoms with Gasteiger partial charge in [0.05, 0.1) is 7.11 Å². The van der Waals surface area contributed by atoms with Gasteiger partial charge in [-0.15, -0.1) is 0 Å². The first-order chi connectivity index (χ1) is 5.27. The molecule has 0 atom stereocenters. The Hall–Kier alpha value is -0.661. The molecule has 12 heavy (non-hydrogen) atoms. The molecule has 0 spiro atoms. The molecule has 0 aliphatic rings. The Morgan fingerprint density at radius 3 is 2.75 bits per heavy atom. The maximum absolute atomic E-state index is 10.9. The second kappa shape index (κ2) is 5.07. The fraction of sp³-hybridized carbons (Fsp3) is 0.333. The standard InChI is InChI=1S/C9H11O2.Mn/c1-3-7-4-5-8(6-7)9(10)11-2;/h4-6H,3H2,1-2H3;/q-1;. The number of carbonyl (C=O) groups excluding carboxylic acids is 1. The van der Waals surface area contributed by atoms with Crippen LogP contribution in [0.3, 0.4) is 0 Å².